The molecule has 0 radical (unpaired) electrons. The molecule has 0 fully saturated rings. The van der Waals surface area contributed by atoms with Crippen LogP contribution < -0.4 is 15.2 Å². The lowest BCUT2D eigenvalue weighted by molar-refractivity contribution is 0.0993. The highest BCUT2D eigenvalue weighted by Gasteiger charge is 2.19. The summed E-state index contributed by atoms with van der Waals surface area (Å²) >= 11 is 7.56. The van der Waals surface area contributed by atoms with Crippen LogP contribution in [0.4, 0.5) is 5.69 Å². The average Bonchev–Trinajstić information content (AvgIpc) is 2.55. The van der Waals surface area contributed by atoms with Crippen LogP contribution in [0.5, 0.6) is 11.5 Å². The molecule has 0 aliphatic heterocycles. The number of thioether (sulfide) groups is 1. The van der Waals surface area contributed by atoms with Crippen molar-refractivity contribution in [2.45, 2.75) is 17.1 Å². The van der Waals surface area contributed by atoms with Crippen molar-refractivity contribution in [1.82, 2.24) is 0 Å². The van der Waals surface area contributed by atoms with Gasteiger partial charge in [-0.05, 0) is 43.3 Å². The molecule has 2 N–H and O–H groups in total. The molecule has 122 valence electrons. The van der Waals surface area contributed by atoms with Crippen molar-refractivity contribution in [1.29, 1.82) is 0 Å². The number of nitrogens with two attached hydrogens (primary N) is 1. The molecule has 1 atom stereocenters. The molecule has 0 saturated carbocycles. The summed E-state index contributed by atoms with van der Waals surface area (Å²) < 4.78 is 10.4. The molecular weight excluding hydrogens is 334 g/mol. The molecule has 2 aromatic carbocycles. The van der Waals surface area contributed by atoms with E-state index < -0.39 is 0 Å². The van der Waals surface area contributed by atoms with Gasteiger partial charge < -0.3 is 15.2 Å². The highest BCUT2D eigenvalue weighted by atomic mass is 35.5. The van der Waals surface area contributed by atoms with E-state index in [1.807, 2.05) is 13.0 Å². The number of rotatable bonds is 6. The summed E-state index contributed by atoms with van der Waals surface area (Å²) in [5.74, 6) is 1.11. The third-order valence-electron chi connectivity index (χ3n) is 3.30. The van der Waals surface area contributed by atoms with E-state index in [1.165, 1.54) is 11.8 Å². The van der Waals surface area contributed by atoms with Gasteiger partial charge >= 0.3 is 0 Å². The number of methoxy groups -OCH3 is 2. The summed E-state index contributed by atoms with van der Waals surface area (Å²) in [5, 5.41) is 0.246. The first-order chi connectivity index (χ1) is 11.0. The molecule has 6 heteroatoms. The number of hydrogen-bond acceptors (Lipinski definition) is 5. The lowest BCUT2D eigenvalue weighted by atomic mass is 10.1. The van der Waals surface area contributed by atoms with E-state index in [9.17, 15) is 4.79 Å². The summed E-state index contributed by atoms with van der Waals surface area (Å²) in [6.07, 6.45) is 0. The number of hydrogen-bond donors (Lipinski definition) is 1. The molecule has 0 unspecified atom stereocenters. The number of ketones is 1. The van der Waals surface area contributed by atoms with Crippen LogP contribution in [0.3, 0.4) is 0 Å². The molecule has 23 heavy (non-hydrogen) atoms. The Morgan fingerprint density at radius 1 is 1.13 bits per heavy atom. The van der Waals surface area contributed by atoms with E-state index in [1.54, 1.807) is 44.6 Å². The minimum Gasteiger partial charge on any atom is -0.493 e. The number of benzene rings is 2. The van der Waals surface area contributed by atoms with Crippen LogP contribution in [0, 0.1) is 0 Å². The molecule has 0 amide bonds. The Morgan fingerprint density at radius 2 is 1.83 bits per heavy atom. The van der Waals surface area contributed by atoms with Crippen molar-refractivity contribution in [2.24, 2.45) is 0 Å². The van der Waals surface area contributed by atoms with Gasteiger partial charge in [0.25, 0.3) is 0 Å². The van der Waals surface area contributed by atoms with Gasteiger partial charge in [0.1, 0.15) is 0 Å². The molecule has 0 aliphatic carbocycles. The number of Topliss-reactive ketones (excluding diaryl/α,β-unsaturated/α-hetero) is 1. The third-order valence-corrected chi connectivity index (χ3v) is 4.90. The highest BCUT2D eigenvalue weighted by Crippen LogP contribution is 2.34. The first-order valence-electron chi connectivity index (χ1n) is 6.94. The van der Waals surface area contributed by atoms with Gasteiger partial charge in [-0.25, -0.2) is 0 Å². The molecule has 0 bridgehead atoms. The van der Waals surface area contributed by atoms with Gasteiger partial charge in [-0.15, -0.1) is 11.8 Å². The monoisotopic (exact) mass is 351 g/mol. The van der Waals surface area contributed by atoms with Crippen LogP contribution in [-0.4, -0.2) is 25.3 Å². The number of anilines is 1. The fourth-order valence-corrected chi connectivity index (χ4v) is 3.35. The summed E-state index contributed by atoms with van der Waals surface area (Å²) in [5.41, 5.74) is 6.84. The molecule has 2 aromatic rings. The average molecular weight is 352 g/mol. The SMILES string of the molecule is COc1ccc(C(=O)[C@H](C)Sc2ccc(N)cc2Cl)cc1OC. The van der Waals surface area contributed by atoms with Gasteiger partial charge in [-0.2, -0.15) is 0 Å². The summed E-state index contributed by atoms with van der Waals surface area (Å²) in [4.78, 5) is 13.4. The van der Waals surface area contributed by atoms with Crippen LogP contribution in [0.2, 0.25) is 5.02 Å². The second kappa shape index (κ2) is 7.62. The summed E-state index contributed by atoms with van der Waals surface area (Å²) in [6, 6.07) is 10.4. The predicted molar refractivity (Wildman–Crippen MR) is 95.1 cm³/mol. The van der Waals surface area contributed by atoms with Crippen LogP contribution in [0.1, 0.15) is 17.3 Å². The van der Waals surface area contributed by atoms with Crippen LogP contribution in [0.15, 0.2) is 41.3 Å². The van der Waals surface area contributed by atoms with E-state index in [0.29, 0.717) is 27.8 Å². The topological polar surface area (TPSA) is 61.5 Å². The Morgan fingerprint density at radius 3 is 2.43 bits per heavy atom. The minimum atomic E-state index is -0.297. The zero-order chi connectivity index (χ0) is 17.0. The summed E-state index contributed by atoms with van der Waals surface area (Å²) in [7, 11) is 3.10. The highest BCUT2D eigenvalue weighted by molar-refractivity contribution is 8.00. The second-order valence-electron chi connectivity index (χ2n) is 4.88. The predicted octanol–water partition coefficient (Wildman–Crippen LogP) is 4.30. The van der Waals surface area contributed by atoms with Crippen LogP contribution in [0.25, 0.3) is 0 Å². The Labute approximate surface area is 144 Å². The number of nitrogen functional groups attached to an aromatic ring is 1. The van der Waals surface area contributed by atoms with E-state index >= 15 is 0 Å². The fourth-order valence-electron chi connectivity index (χ4n) is 2.08. The standard InChI is InChI=1S/C17H18ClNO3S/c1-10(23-16-7-5-12(19)9-13(16)18)17(20)11-4-6-14(21-2)15(8-11)22-3/h4-10H,19H2,1-3H3/t10-/m0/s1. The third kappa shape index (κ3) is 4.12. The molecule has 4 nitrogen and oxygen atoms in total. The Balaban J connectivity index is 2.19. The lowest BCUT2D eigenvalue weighted by Crippen LogP contribution is -2.13. The number of carbonyl (C=O) groups is 1. The van der Waals surface area contributed by atoms with E-state index in [2.05, 4.69) is 0 Å². The minimum absolute atomic E-state index is 0.0103. The Kier molecular flexibility index (Phi) is 5.80. The lowest BCUT2D eigenvalue weighted by Gasteiger charge is -2.13. The largest absolute Gasteiger partial charge is 0.493 e. The van der Waals surface area contributed by atoms with Gasteiger partial charge in [0.15, 0.2) is 17.3 Å². The molecule has 0 aliphatic rings. The maximum absolute atomic E-state index is 12.6. The van der Waals surface area contributed by atoms with Crippen molar-refractivity contribution >= 4 is 34.8 Å². The van der Waals surface area contributed by atoms with Crippen molar-refractivity contribution in [3.63, 3.8) is 0 Å². The van der Waals surface area contributed by atoms with Crippen LogP contribution in [-0.2, 0) is 0 Å². The second-order valence-corrected chi connectivity index (χ2v) is 6.67. The number of halogens is 1. The Hall–Kier alpha value is -1.85. The Bertz CT molecular complexity index is 721. The van der Waals surface area contributed by atoms with Crippen LogP contribution >= 0.6 is 23.4 Å². The molecule has 2 rings (SSSR count). The van der Waals surface area contributed by atoms with Crippen molar-refractivity contribution < 1.29 is 14.3 Å². The maximum Gasteiger partial charge on any atom is 0.176 e. The van der Waals surface area contributed by atoms with Crippen molar-refractivity contribution in [3.05, 3.63) is 47.0 Å². The normalized spacial score (nSPS) is 11.8. The summed E-state index contributed by atoms with van der Waals surface area (Å²) in [6.45, 7) is 1.84. The van der Waals surface area contributed by atoms with Gasteiger partial charge in [0, 0.05) is 16.1 Å². The number of carbonyl (C=O) groups excluding carboxylic acids is 1. The van der Waals surface area contributed by atoms with Gasteiger partial charge in [-0.3, -0.25) is 4.79 Å². The van der Waals surface area contributed by atoms with Gasteiger partial charge in [0.2, 0.25) is 0 Å². The van der Waals surface area contributed by atoms with E-state index in [-0.39, 0.29) is 11.0 Å². The van der Waals surface area contributed by atoms with Gasteiger partial charge in [-0.1, -0.05) is 11.6 Å². The van der Waals surface area contributed by atoms with Crippen molar-refractivity contribution in [2.75, 3.05) is 20.0 Å². The molecule has 0 heterocycles. The van der Waals surface area contributed by atoms with E-state index in [4.69, 9.17) is 26.8 Å². The molecular formula is C17H18ClNO3S. The molecule has 0 saturated heterocycles. The maximum atomic E-state index is 12.6. The van der Waals surface area contributed by atoms with Crippen molar-refractivity contribution in [3.8, 4) is 11.5 Å². The first-order valence-corrected chi connectivity index (χ1v) is 8.20. The number of ether oxygens (including phenoxy) is 2. The fraction of sp³-hybridized carbons (Fsp3) is 0.235. The van der Waals surface area contributed by atoms with E-state index in [0.717, 1.165) is 4.90 Å². The molecule has 0 aromatic heterocycles. The first kappa shape index (κ1) is 17.5. The molecule has 0 spiro atoms. The van der Waals surface area contributed by atoms with Gasteiger partial charge in [0.05, 0.1) is 24.5 Å². The zero-order valence-electron chi connectivity index (χ0n) is 13.1. The smallest absolute Gasteiger partial charge is 0.176 e. The zero-order valence-corrected chi connectivity index (χ0v) is 14.7. The quantitative estimate of drug-likeness (QED) is 0.477.